The van der Waals surface area contributed by atoms with Crippen LogP contribution >= 0.6 is 0 Å². The van der Waals surface area contributed by atoms with Crippen molar-refractivity contribution < 1.29 is 17.4 Å². The van der Waals surface area contributed by atoms with Crippen molar-refractivity contribution in [1.29, 1.82) is 0 Å². The highest BCUT2D eigenvalue weighted by Gasteiger charge is 2.55. The second-order valence-corrected chi connectivity index (χ2v) is 11.8. The van der Waals surface area contributed by atoms with Gasteiger partial charge in [-0.15, -0.1) is 0 Å². The summed E-state index contributed by atoms with van der Waals surface area (Å²) in [6.07, 6.45) is 8.15. The molecule has 30 heavy (non-hydrogen) atoms. The van der Waals surface area contributed by atoms with Crippen molar-refractivity contribution in [2.45, 2.75) is 78.3 Å². The van der Waals surface area contributed by atoms with Crippen LogP contribution in [0.2, 0.25) is 0 Å². The minimum absolute atomic E-state index is 0.0594. The molecule has 0 saturated heterocycles. The number of benzene rings is 1. The predicted molar refractivity (Wildman–Crippen MR) is 117 cm³/mol. The molecule has 0 aliphatic heterocycles. The van der Waals surface area contributed by atoms with Gasteiger partial charge in [0, 0.05) is 12.6 Å². The summed E-state index contributed by atoms with van der Waals surface area (Å²) >= 11 is 0. The van der Waals surface area contributed by atoms with E-state index in [4.69, 9.17) is 4.18 Å². The molecule has 4 bridgehead atoms. The maximum atomic E-state index is 13.9. The summed E-state index contributed by atoms with van der Waals surface area (Å²) in [5.41, 5.74) is 0.866. The van der Waals surface area contributed by atoms with E-state index in [2.05, 4.69) is 18.7 Å². The molecule has 5 rings (SSSR count). The molecule has 0 N–H and O–H groups in total. The van der Waals surface area contributed by atoms with Crippen molar-refractivity contribution in [3.63, 3.8) is 0 Å². The van der Waals surface area contributed by atoms with Gasteiger partial charge in [-0.05, 0) is 94.2 Å². The van der Waals surface area contributed by atoms with Gasteiger partial charge in [-0.1, -0.05) is 19.1 Å². The van der Waals surface area contributed by atoms with Gasteiger partial charge < -0.3 is 9.08 Å². The van der Waals surface area contributed by atoms with Crippen LogP contribution in [0.25, 0.3) is 0 Å². The lowest BCUT2D eigenvalue weighted by molar-refractivity contribution is -0.160. The Morgan fingerprint density at radius 2 is 1.60 bits per heavy atom. The predicted octanol–water partition coefficient (Wildman–Crippen LogP) is 4.76. The molecule has 1 aromatic carbocycles. The molecule has 1 atom stereocenters. The molecule has 166 valence electrons. The summed E-state index contributed by atoms with van der Waals surface area (Å²) in [4.78, 5) is 16.0. The van der Waals surface area contributed by atoms with Gasteiger partial charge in [0.05, 0.1) is 11.2 Å². The maximum absolute atomic E-state index is 13.9. The average Bonchev–Trinajstić information content (AvgIpc) is 2.71. The summed E-state index contributed by atoms with van der Waals surface area (Å²) < 4.78 is 28.4. The van der Waals surface area contributed by atoms with Crippen LogP contribution in [-0.2, 0) is 21.5 Å². The van der Waals surface area contributed by atoms with E-state index in [0.717, 1.165) is 49.0 Å². The minimum atomic E-state index is -3.53. The zero-order chi connectivity index (χ0) is 21.5. The van der Waals surface area contributed by atoms with Crippen molar-refractivity contribution in [3.8, 4) is 5.75 Å². The number of nitrogens with zero attached hydrogens (tertiary/aromatic N) is 1. The molecule has 0 heterocycles. The number of carbonyl (C=O) groups is 1. The fourth-order valence-electron chi connectivity index (χ4n) is 6.38. The normalized spacial score (nSPS) is 30.8. The molecule has 4 aliphatic rings. The van der Waals surface area contributed by atoms with Gasteiger partial charge in [0.1, 0.15) is 5.75 Å². The van der Waals surface area contributed by atoms with Gasteiger partial charge in [-0.2, -0.15) is 8.42 Å². The topological polar surface area (TPSA) is 63.7 Å². The van der Waals surface area contributed by atoms with E-state index in [0.29, 0.717) is 18.2 Å². The smallest absolute Gasteiger partial charge is 0.308 e. The first-order valence-electron chi connectivity index (χ1n) is 11.6. The Hall–Kier alpha value is -1.56. The summed E-state index contributed by atoms with van der Waals surface area (Å²) in [5, 5.41) is 0. The minimum Gasteiger partial charge on any atom is -0.382 e. The molecule has 6 heteroatoms. The Morgan fingerprint density at radius 3 is 2.07 bits per heavy atom. The number of carbonyl (C=O) groups excluding carboxylic acids is 1. The quantitative estimate of drug-likeness (QED) is 0.555. The largest absolute Gasteiger partial charge is 0.382 e. The number of hydrogen-bond donors (Lipinski definition) is 0. The fraction of sp³-hybridized carbons (Fsp3) is 0.708. The molecule has 4 aliphatic carbocycles. The second-order valence-electron chi connectivity index (χ2n) is 9.96. The first-order chi connectivity index (χ1) is 14.2. The molecular weight excluding hydrogens is 398 g/mol. The lowest BCUT2D eigenvalue weighted by atomic mass is 9.49. The van der Waals surface area contributed by atoms with E-state index in [-0.39, 0.29) is 17.2 Å². The van der Waals surface area contributed by atoms with Crippen LogP contribution in [0.3, 0.4) is 0 Å². The second kappa shape index (κ2) is 8.18. The van der Waals surface area contributed by atoms with Crippen LogP contribution in [0.15, 0.2) is 24.3 Å². The number of rotatable bonds is 8. The third-order valence-electron chi connectivity index (χ3n) is 7.73. The van der Waals surface area contributed by atoms with Crippen molar-refractivity contribution in [2.24, 2.45) is 23.2 Å². The van der Waals surface area contributed by atoms with E-state index in [1.165, 1.54) is 19.3 Å². The molecule has 0 radical (unpaired) electrons. The average molecular weight is 434 g/mol. The first kappa shape index (κ1) is 21.7. The van der Waals surface area contributed by atoms with Crippen LogP contribution in [0.4, 0.5) is 0 Å². The fourth-order valence-corrected chi connectivity index (χ4v) is 6.90. The van der Waals surface area contributed by atoms with Crippen molar-refractivity contribution in [3.05, 3.63) is 29.8 Å². The maximum Gasteiger partial charge on any atom is 0.308 e. The molecule has 0 spiro atoms. The number of amides is 1. The Bertz CT molecular complexity index is 842. The van der Waals surface area contributed by atoms with Crippen LogP contribution in [-0.4, -0.2) is 31.0 Å². The van der Waals surface area contributed by atoms with Crippen molar-refractivity contribution in [1.82, 2.24) is 4.90 Å². The lowest BCUT2D eigenvalue weighted by Gasteiger charge is -2.57. The SMILES string of the molecule is CCC(C)N(Cc1ccc(OS(=O)(=O)CC)cc1)C(=O)C12CC3CC(CC(C3)C1)C2. The lowest BCUT2D eigenvalue weighted by Crippen LogP contribution is -2.55. The zero-order valence-corrected chi connectivity index (χ0v) is 19.3. The van der Waals surface area contributed by atoms with E-state index in [9.17, 15) is 13.2 Å². The molecule has 1 amide bonds. The van der Waals surface area contributed by atoms with Gasteiger partial charge in [0.25, 0.3) is 0 Å². The Labute approximate surface area is 181 Å². The van der Waals surface area contributed by atoms with E-state index in [1.807, 2.05) is 12.1 Å². The van der Waals surface area contributed by atoms with Gasteiger partial charge in [0.2, 0.25) is 5.91 Å². The highest BCUT2D eigenvalue weighted by molar-refractivity contribution is 7.87. The van der Waals surface area contributed by atoms with Crippen LogP contribution in [0.1, 0.15) is 71.3 Å². The van der Waals surface area contributed by atoms with Gasteiger partial charge in [-0.3, -0.25) is 4.79 Å². The monoisotopic (exact) mass is 433 g/mol. The molecule has 4 fully saturated rings. The molecule has 1 unspecified atom stereocenters. The van der Waals surface area contributed by atoms with Crippen molar-refractivity contribution in [2.75, 3.05) is 5.75 Å². The Kier molecular flexibility index (Phi) is 5.90. The van der Waals surface area contributed by atoms with E-state index in [1.54, 1.807) is 19.1 Å². The molecule has 5 nitrogen and oxygen atoms in total. The molecule has 1 aromatic rings. The third-order valence-corrected chi connectivity index (χ3v) is 8.88. The first-order valence-corrected chi connectivity index (χ1v) is 13.1. The van der Waals surface area contributed by atoms with Gasteiger partial charge in [0.15, 0.2) is 0 Å². The third kappa shape index (κ3) is 4.25. The van der Waals surface area contributed by atoms with Gasteiger partial charge in [-0.25, -0.2) is 0 Å². The molecular formula is C24H35NO4S. The Morgan fingerprint density at radius 1 is 1.07 bits per heavy atom. The van der Waals surface area contributed by atoms with Crippen molar-refractivity contribution >= 4 is 16.0 Å². The highest BCUT2D eigenvalue weighted by atomic mass is 32.2. The summed E-state index contributed by atoms with van der Waals surface area (Å²) in [5.74, 6) is 2.85. The van der Waals surface area contributed by atoms with Gasteiger partial charge >= 0.3 is 10.1 Å². The zero-order valence-electron chi connectivity index (χ0n) is 18.5. The van der Waals surface area contributed by atoms with Crippen LogP contribution in [0.5, 0.6) is 5.75 Å². The molecule has 0 aromatic heterocycles. The summed E-state index contributed by atoms with van der Waals surface area (Å²) in [7, 11) is -3.53. The highest BCUT2D eigenvalue weighted by Crippen LogP contribution is 2.60. The number of hydrogen-bond acceptors (Lipinski definition) is 4. The van der Waals surface area contributed by atoms with Crippen LogP contribution < -0.4 is 4.18 Å². The standard InChI is InChI=1S/C24H35NO4S/c1-4-17(3)25(16-18-6-8-22(9-7-18)29-30(27,28)5-2)23(26)24-13-19-10-20(14-24)12-21(11-19)15-24/h6-9,17,19-21H,4-5,10-16H2,1-3H3. The molecule has 4 saturated carbocycles. The Balaban J connectivity index is 1.52. The van der Waals surface area contributed by atoms with Crippen LogP contribution in [0, 0.1) is 23.2 Å². The van der Waals surface area contributed by atoms with E-state index >= 15 is 0 Å². The summed E-state index contributed by atoms with van der Waals surface area (Å²) in [6, 6.07) is 7.31. The summed E-state index contributed by atoms with van der Waals surface area (Å²) in [6.45, 7) is 6.40. The van der Waals surface area contributed by atoms with E-state index < -0.39 is 10.1 Å².